The van der Waals surface area contributed by atoms with Gasteiger partial charge in [0.1, 0.15) is 0 Å². The summed E-state index contributed by atoms with van der Waals surface area (Å²) in [4.78, 5) is 27.2. The van der Waals surface area contributed by atoms with Gasteiger partial charge in [-0.15, -0.1) is 0 Å². The monoisotopic (exact) mass is 208 g/mol. The van der Waals surface area contributed by atoms with E-state index in [1.165, 1.54) is 20.2 Å². The molecule has 15 heavy (non-hydrogen) atoms. The summed E-state index contributed by atoms with van der Waals surface area (Å²) < 4.78 is 0. The summed E-state index contributed by atoms with van der Waals surface area (Å²) in [7, 11) is 2.87. The first-order valence-corrected chi connectivity index (χ1v) is 4.28. The first-order valence-electron chi connectivity index (χ1n) is 4.28. The summed E-state index contributed by atoms with van der Waals surface area (Å²) >= 11 is 0. The van der Waals surface area contributed by atoms with Gasteiger partial charge in [-0.25, -0.2) is 5.06 Å². The van der Waals surface area contributed by atoms with E-state index in [2.05, 4.69) is 0 Å². The molecule has 0 aromatic heterocycles. The minimum Gasteiger partial charge on any atom is -0.366 e. The first kappa shape index (κ1) is 11.2. The van der Waals surface area contributed by atoms with Crippen LogP contribution < -0.4 is 5.73 Å². The van der Waals surface area contributed by atoms with Gasteiger partial charge in [-0.1, -0.05) is 6.07 Å². The van der Waals surface area contributed by atoms with Crippen LogP contribution in [0.5, 0.6) is 0 Å². The molecule has 0 aliphatic heterocycles. The second-order valence-corrected chi connectivity index (χ2v) is 2.93. The van der Waals surface area contributed by atoms with Gasteiger partial charge in [0.25, 0.3) is 5.91 Å². The number of amides is 2. The van der Waals surface area contributed by atoms with Crippen LogP contribution >= 0.6 is 0 Å². The smallest absolute Gasteiger partial charge is 0.277 e. The zero-order chi connectivity index (χ0) is 11.4. The second kappa shape index (κ2) is 4.56. The predicted molar refractivity (Wildman–Crippen MR) is 54.1 cm³/mol. The lowest BCUT2D eigenvalue weighted by Crippen LogP contribution is -2.25. The number of rotatable bonds is 3. The maximum absolute atomic E-state index is 11.6. The van der Waals surface area contributed by atoms with Crippen molar-refractivity contribution in [2.75, 3.05) is 14.2 Å². The first-order chi connectivity index (χ1) is 7.06. The minimum atomic E-state index is -0.565. The molecule has 0 atom stereocenters. The topological polar surface area (TPSA) is 72.6 Å². The number of benzene rings is 1. The number of hydrogen-bond acceptors (Lipinski definition) is 3. The normalized spacial score (nSPS) is 9.73. The molecule has 0 saturated heterocycles. The van der Waals surface area contributed by atoms with Crippen molar-refractivity contribution in [2.45, 2.75) is 0 Å². The van der Waals surface area contributed by atoms with Gasteiger partial charge in [0.15, 0.2) is 0 Å². The molecule has 0 heterocycles. The number of carbonyl (C=O) groups is 2. The number of nitrogens with two attached hydrogens (primary N) is 1. The van der Waals surface area contributed by atoms with E-state index in [0.717, 1.165) is 5.06 Å². The van der Waals surface area contributed by atoms with Gasteiger partial charge in [0, 0.05) is 18.2 Å². The fourth-order valence-corrected chi connectivity index (χ4v) is 1.07. The molecule has 0 fully saturated rings. The van der Waals surface area contributed by atoms with Gasteiger partial charge in [0.05, 0.1) is 7.11 Å². The second-order valence-electron chi connectivity index (χ2n) is 2.93. The molecule has 2 amide bonds. The van der Waals surface area contributed by atoms with Crippen LogP contribution in [0.2, 0.25) is 0 Å². The number of carbonyl (C=O) groups excluding carboxylic acids is 2. The van der Waals surface area contributed by atoms with E-state index in [1.54, 1.807) is 18.2 Å². The van der Waals surface area contributed by atoms with Gasteiger partial charge in [0.2, 0.25) is 5.91 Å². The molecule has 80 valence electrons. The van der Waals surface area contributed by atoms with E-state index < -0.39 is 5.91 Å². The Morgan fingerprint density at radius 1 is 1.33 bits per heavy atom. The molecular weight excluding hydrogens is 196 g/mol. The van der Waals surface area contributed by atoms with Crippen molar-refractivity contribution >= 4 is 11.8 Å². The summed E-state index contributed by atoms with van der Waals surface area (Å²) in [5.41, 5.74) is 5.75. The summed E-state index contributed by atoms with van der Waals surface area (Å²) in [5.74, 6) is -0.898. The third kappa shape index (κ3) is 2.54. The van der Waals surface area contributed by atoms with Crippen molar-refractivity contribution in [1.29, 1.82) is 0 Å². The Bertz CT molecular complexity index is 390. The highest BCUT2D eigenvalue weighted by molar-refractivity contribution is 5.98. The predicted octanol–water partition coefficient (Wildman–Crippen LogP) is 0.419. The molecular formula is C10H12N2O3. The minimum absolute atomic E-state index is 0.297. The third-order valence-corrected chi connectivity index (χ3v) is 1.95. The van der Waals surface area contributed by atoms with Gasteiger partial charge in [-0.2, -0.15) is 0 Å². The maximum Gasteiger partial charge on any atom is 0.277 e. The van der Waals surface area contributed by atoms with Gasteiger partial charge < -0.3 is 5.73 Å². The van der Waals surface area contributed by atoms with Crippen LogP contribution in [0.4, 0.5) is 0 Å². The summed E-state index contributed by atoms with van der Waals surface area (Å²) in [6.45, 7) is 0. The Morgan fingerprint density at radius 2 is 1.93 bits per heavy atom. The van der Waals surface area contributed by atoms with Crippen molar-refractivity contribution in [2.24, 2.45) is 5.73 Å². The molecule has 0 spiro atoms. The van der Waals surface area contributed by atoms with Crippen LogP contribution in [0.15, 0.2) is 24.3 Å². The zero-order valence-corrected chi connectivity index (χ0v) is 8.56. The lowest BCUT2D eigenvalue weighted by Gasteiger charge is -2.13. The van der Waals surface area contributed by atoms with E-state index in [0.29, 0.717) is 11.1 Å². The molecule has 0 bridgehead atoms. The highest BCUT2D eigenvalue weighted by Gasteiger charge is 2.12. The van der Waals surface area contributed by atoms with Crippen molar-refractivity contribution in [3.05, 3.63) is 35.4 Å². The summed E-state index contributed by atoms with van der Waals surface area (Å²) in [6.07, 6.45) is 0. The maximum atomic E-state index is 11.6. The molecule has 5 heteroatoms. The Kier molecular flexibility index (Phi) is 3.41. The van der Waals surface area contributed by atoms with Crippen LogP contribution in [0.3, 0.4) is 0 Å². The third-order valence-electron chi connectivity index (χ3n) is 1.95. The highest BCUT2D eigenvalue weighted by Crippen LogP contribution is 2.07. The Morgan fingerprint density at radius 3 is 2.47 bits per heavy atom. The van der Waals surface area contributed by atoms with E-state index in [1.807, 2.05) is 0 Å². The number of primary amides is 1. The van der Waals surface area contributed by atoms with E-state index in [-0.39, 0.29) is 5.91 Å². The van der Waals surface area contributed by atoms with Gasteiger partial charge >= 0.3 is 0 Å². The Balaban J connectivity index is 3.00. The molecule has 1 rings (SSSR count). The average molecular weight is 208 g/mol. The van der Waals surface area contributed by atoms with Crippen LogP contribution in [0.1, 0.15) is 20.7 Å². The van der Waals surface area contributed by atoms with E-state index in [9.17, 15) is 9.59 Å². The molecule has 0 aliphatic carbocycles. The fraction of sp³-hybridized carbons (Fsp3) is 0.200. The van der Waals surface area contributed by atoms with E-state index in [4.69, 9.17) is 10.6 Å². The molecule has 1 aromatic rings. The Labute approximate surface area is 87.4 Å². The molecule has 0 radical (unpaired) electrons. The van der Waals surface area contributed by atoms with Crippen molar-refractivity contribution in [1.82, 2.24) is 5.06 Å². The fourth-order valence-electron chi connectivity index (χ4n) is 1.07. The molecule has 0 aliphatic rings. The zero-order valence-electron chi connectivity index (χ0n) is 8.56. The van der Waals surface area contributed by atoms with Crippen molar-refractivity contribution < 1.29 is 14.4 Å². The van der Waals surface area contributed by atoms with E-state index >= 15 is 0 Å². The molecule has 2 N–H and O–H groups in total. The number of hydrogen-bond donors (Lipinski definition) is 1. The summed E-state index contributed by atoms with van der Waals surface area (Å²) in [6, 6.07) is 6.16. The molecule has 1 aromatic carbocycles. The quantitative estimate of drug-likeness (QED) is 0.731. The largest absolute Gasteiger partial charge is 0.366 e. The molecule has 0 saturated carbocycles. The standard InChI is InChI=1S/C10H12N2O3/c1-12(15-2)10(14)8-5-3-4-7(6-8)9(11)13/h3-6H,1-2H3,(H2,11,13). The Hall–Kier alpha value is -1.88. The summed E-state index contributed by atoms with van der Waals surface area (Å²) in [5, 5.41) is 1.07. The lowest BCUT2D eigenvalue weighted by molar-refractivity contribution is -0.0757. The van der Waals surface area contributed by atoms with Crippen LogP contribution in [0.25, 0.3) is 0 Å². The highest BCUT2D eigenvalue weighted by atomic mass is 16.7. The van der Waals surface area contributed by atoms with Crippen molar-refractivity contribution in [3.8, 4) is 0 Å². The average Bonchev–Trinajstić information content (AvgIpc) is 2.27. The van der Waals surface area contributed by atoms with Gasteiger partial charge in [-0.3, -0.25) is 14.4 Å². The van der Waals surface area contributed by atoms with Crippen LogP contribution in [0, 0.1) is 0 Å². The molecule has 5 nitrogen and oxygen atoms in total. The SMILES string of the molecule is CON(C)C(=O)c1cccc(C(N)=O)c1. The number of hydroxylamine groups is 2. The molecule has 0 unspecified atom stereocenters. The lowest BCUT2D eigenvalue weighted by atomic mass is 10.1. The van der Waals surface area contributed by atoms with Gasteiger partial charge in [-0.05, 0) is 18.2 Å². The van der Waals surface area contributed by atoms with Crippen LogP contribution in [-0.2, 0) is 4.84 Å². The van der Waals surface area contributed by atoms with Crippen LogP contribution in [-0.4, -0.2) is 31.0 Å². The van der Waals surface area contributed by atoms with Crippen molar-refractivity contribution in [3.63, 3.8) is 0 Å². The number of nitrogens with zero attached hydrogens (tertiary/aromatic N) is 1.